The van der Waals surface area contributed by atoms with Gasteiger partial charge >= 0.3 is 11.9 Å². The van der Waals surface area contributed by atoms with Crippen LogP contribution < -0.4 is 4.74 Å². The van der Waals surface area contributed by atoms with E-state index in [2.05, 4.69) is 10.1 Å². The lowest BCUT2D eigenvalue weighted by Gasteiger charge is -2.06. The minimum absolute atomic E-state index is 0.0267. The van der Waals surface area contributed by atoms with Gasteiger partial charge in [0.25, 0.3) is 5.89 Å². The molecule has 3 rings (SSSR count). The van der Waals surface area contributed by atoms with Gasteiger partial charge in [-0.1, -0.05) is 29.4 Å². The van der Waals surface area contributed by atoms with Crippen molar-refractivity contribution in [3.05, 3.63) is 69.6 Å². The van der Waals surface area contributed by atoms with Crippen molar-refractivity contribution in [3.63, 3.8) is 0 Å². The third-order valence-corrected chi connectivity index (χ3v) is 3.65. The molecule has 0 atom stereocenters. The van der Waals surface area contributed by atoms with Crippen LogP contribution in [0, 0.1) is 17.0 Å². The van der Waals surface area contributed by atoms with Gasteiger partial charge in [-0.2, -0.15) is 18.2 Å². The summed E-state index contributed by atoms with van der Waals surface area (Å²) in [6.07, 6.45) is -4.49. The molecule has 0 aliphatic carbocycles. The number of hydrogen-bond acceptors (Lipinski definition) is 6. The van der Waals surface area contributed by atoms with Crippen LogP contribution in [0.25, 0.3) is 11.4 Å². The van der Waals surface area contributed by atoms with E-state index in [0.717, 1.165) is 12.1 Å². The number of rotatable bonds is 5. The summed E-state index contributed by atoms with van der Waals surface area (Å²) in [5, 5.41) is 14.8. The molecule has 0 fully saturated rings. The second-order valence-corrected chi connectivity index (χ2v) is 5.56. The smallest absolute Gasteiger partial charge is 0.416 e. The topological polar surface area (TPSA) is 91.3 Å². The van der Waals surface area contributed by atoms with Crippen LogP contribution in [0.15, 0.2) is 47.0 Å². The van der Waals surface area contributed by atoms with Gasteiger partial charge in [0.2, 0.25) is 5.82 Å². The van der Waals surface area contributed by atoms with Crippen molar-refractivity contribution >= 4 is 5.69 Å². The molecule has 0 bridgehead atoms. The Kier molecular flexibility index (Phi) is 4.80. The summed E-state index contributed by atoms with van der Waals surface area (Å²) in [4.78, 5) is 14.6. The predicted molar refractivity (Wildman–Crippen MR) is 86.9 cm³/mol. The summed E-state index contributed by atoms with van der Waals surface area (Å²) in [6.45, 7) is 1.31. The van der Waals surface area contributed by atoms with E-state index in [0.29, 0.717) is 5.56 Å². The van der Waals surface area contributed by atoms with E-state index in [-0.39, 0.29) is 35.3 Å². The number of nitro benzene ring substituents is 1. The van der Waals surface area contributed by atoms with Crippen molar-refractivity contribution in [1.82, 2.24) is 10.1 Å². The Balaban J connectivity index is 1.78. The first-order valence-corrected chi connectivity index (χ1v) is 7.62. The van der Waals surface area contributed by atoms with Gasteiger partial charge in [-0.3, -0.25) is 10.1 Å². The number of para-hydroxylation sites is 1. The summed E-state index contributed by atoms with van der Waals surface area (Å²) in [6, 6.07) is 9.08. The van der Waals surface area contributed by atoms with Crippen LogP contribution in [0.4, 0.5) is 18.9 Å². The Bertz CT molecular complexity index is 986. The third-order valence-electron chi connectivity index (χ3n) is 3.65. The van der Waals surface area contributed by atoms with Crippen molar-refractivity contribution in [2.75, 3.05) is 0 Å². The second kappa shape index (κ2) is 7.06. The van der Waals surface area contributed by atoms with Gasteiger partial charge in [-0.05, 0) is 25.1 Å². The van der Waals surface area contributed by atoms with Crippen molar-refractivity contribution in [1.29, 1.82) is 0 Å². The van der Waals surface area contributed by atoms with Gasteiger partial charge in [0.05, 0.1) is 10.5 Å². The van der Waals surface area contributed by atoms with Crippen LogP contribution in [0.3, 0.4) is 0 Å². The third kappa shape index (κ3) is 4.05. The molecule has 1 aromatic heterocycles. The van der Waals surface area contributed by atoms with Crippen molar-refractivity contribution in [3.8, 4) is 17.1 Å². The molecule has 140 valence electrons. The maximum absolute atomic E-state index is 12.8. The van der Waals surface area contributed by atoms with Gasteiger partial charge in [-0.25, -0.2) is 0 Å². The molecule has 0 radical (unpaired) electrons. The fourth-order valence-electron chi connectivity index (χ4n) is 2.39. The van der Waals surface area contributed by atoms with Crippen LogP contribution in [0.5, 0.6) is 5.75 Å². The number of ether oxygens (including phenoxy) is 1. The van der Waals surface area contributed by atoms with E-state index in [9.17, 15) is 23.3 Å². The van der Waals surface area contributed by atoms with Crippen molar-refractivity contribution in [2.45, 2.75) is 19.7 Å². The van der Waals surface area contributed by atoms with E-state index in [1.807, 2.05) is 0 Å². The zero-order valence-electron chi connectivity index (χ0n) is 13.9. The van der Waals surface area contributed by atoms with E-state index in [1.54, 1.807) is 19.1 Å². The highest BCUT2D eigenvalue weighted by molar-refractivity contribution is 5.56. The summed E-state index contributed by atoms with van der Waals surface area (Å²) < 4.78 is 48.7. The molecule has 0 unspecified atom stereocenters. The normalized spacial score (nSPS) is 11.4. The number of nitrogens with zero attached hydrogens (tertiary/aromatic N) is 3. The molecule has 0 aliphatic heterocycles. The molecule has 10 heteroatoms. The van der Waals surface area contributed by atoms with Crippen LogP contribution in [-0.4, -0.2) is 15.1 Å². The monoisotopic (exact) mass is 379 g/mol. The van der Waals surface area contributed by atoms with E-state index < -0.39 is 16.7 Å². The SMILES string of the molecule is Cc1cccc(OCc2nc(-c3cccc(C(F)(F)F)c3)no2)c1[N+](=O)[O-]. The number of aromatic nitrogens is 2. The van der Waals surface area contributed by atoms with Gasteiger partial charge in [0.1, 0.15) is 0 Å². The average molecular weight is 379 g/mol. The maximum atomic E-state index is 12.8. The van der Waals surface area contributed by atoms with Crippen LogP contribution >= 0.6 is 0 Å². The number of hydrogen-bond donors (Lipinski definition) is 0. The standard InChI is InChI=1S/C17H12F3N3O4/c1-10-4-2-7-13(15(10)23(24)25)26-9-14-21-16(22-27-14)11-5-3-6-12(8-11)17(18,19)20/h2-8H,9H2,1H3. The summed E-state index contributed by atoms with van der Waals surface area (Å²) in [5.74, 6) is -0.0459. The molecule has 27 heavy (non-hydrogen) atoms. The molecule has 1 heterocycles. The fourth-order valence-corrected chi connectivity index (χ4v) is 2.39. The number of benzene rings is 2. The number of alkyl halides is 3. The zero-order chi connectivity index (χ0) is 19.6. The highest BCUT2D eigenvalue weighted by Gasteiger charge is 2.30. The average Bonchev–Trinajstić information content (AvgIpc) is 3.08. The van der Waals surface area contributed by atoms with Crippen molar-refractivity contribution < 1.29 is 27.4 Å². The molecule has 0 spiro atoms. The lowest BCUT2D eigenvalue weighted by Crippen LogP contribution is -2.04. The van der Waals surface area contributed by atoms with Gasteiger partial charge in [-0.15, -0.1) is 0 Å². The lowest BCUT2D eigenvalue weighted by molar-refractivity contribution is -0.386. The summed E-state index contributed by atoms with van der Waals surface area (Å²) in [7, 11) is 0. The first kappa shape index (κ1) is 18.4. The molecular formula is C17H12F3N3O4. The largest absolute Gasteiger partial charge is 0.477 e. The summed E-state index contributed by atoms with van der Waals surface area (Å²) >= 11 is 0. The van der Waals surface area contributed by atoms with E-state index in [1.165, 1.54) is 18.2 Å². The molecule has 0 saturated heterocycles. The Morgan fingerprint density at radius 1 is 1.22 bits per heavy atom. The van der Waals surface area contributed by atoms with Gasteiger partial charge < -0.3 is 9.26 Å². The van der Waals surface area contributed by atoms with Crippen LogP contribution in [0.1, 0.15) is 17.0 Å². The molecule has 0 amide bonds. The van der Waals surface area contributed by atoms with E-state index in [4.69, 9.17) is 9.26 Å². The maximum Gasteiger partial charge on any atom is 0.416 e. The predicted octanol–water partition coefficient (Wildman–Crippen LogP) is 4.55. The second-order valence-electron chi connectivity index (χ2n) is 5.56. The van der Waals surface area contributed by atoms with Crippen LogP contribution in [-0.2, 0) is 12.8 Å². The highest BCUT2D eigenvalue weighted by atomic mass is 19.4. The van der Waals surface area contributed by atoms with Crippen molar-refractivity contribution in [2.24, 2.45) is 0 Å². The lowest BCUT2D eigenvalue weighted by atomic mass is 10.1. The first-order valence-electron chi connectivity index (χ1n) is 7.62. The zero-order valence-corrected chi connectivity index (χ0v) is 13.9. The molecular weight excluding hydrogens is 367 g/mol. The first-order chi connectivity index (χ1) is 12.8. The molecule has 7 nitrogen and oxygen atoms in total. The molecule has 2 aromatic carbocycles. The highest BCUT2D eigenvalue weighted by Crippen LogP contribution is 2.32. The summed E-state index contributed by atoms with van der Waals surface area (Å²) in [5.41, 5.74) is -0.470. The molecule has 3 aromatic rings. The number of nitro groups is 1. The molecule has 0 N–H and O–H groups in total. The Morgan fingerprint density at radius 2 is 1.96 bits per heavy atom. The number of aryl methyl sites for hydroxylation is 1. The van der Waals surface area contributed by atoms with E-state index >= 15 is 0 Å². The minimum Gasteiger partial charge on any atom is -0.477 e. The number of halogens is 3. The fraction of sp³-hybridized carbons (Fsp3) is 0.176. The van der Waals surface area contributed by atoms with Gasteiger partial charge in [0, 0.05) is 11.1 Å². The minimum atomic E-state index is -4.49. The van der Waals surface area contributed by atoms with Gasteiger partial charge in [0.15, 0.2) is 12.4 Å². The van der Waals surface area contributed by atoms with Crippen LogP contribution in [0.2, 0.25) is 0 Å². The molecule has 0 saturated carbocycles. The Morgan fingerprint density at radius 3 is 2.67 bits per heavy atom. The Hall–Kier alpha value is -3.43. The quantitative estimate of drug-likeness (QED) is 0.477. The Labute approximate surface area is 150 Å². The molecule has 0 aliphatic rings.